The van der Waals surface area contributed by atoms with Gasteiger partial charge in [0.1, 0.15) is 17.7 Å². The molecule has 0 unspecified atom stereocenters. The second kappa shape index (κ2) is 6.62. The summed E-state index contributed by atoms with van der Waals surface area (Å²) < 4.78 is 16.6. The summed E-state index contributed by atoms with van der Waals surface area (Å²) in [6.45, 7) is 5.06. The summed E-state index contributed by atoms with van der Waals surface area (Å²) in [7, 11) is 0. The molecule has 1 aromatic carbocycles. The van der Waals surface area contributed by atoms with Gasteiger partial charge in [0.25, 0.3) is 0 Å². The number of anilines is 1. The Kier molecular flexibility index (Phi) is 4.17. The highest BCUT2D eigenvalue weighted by molar-refractivity contribution is 6.08. The van der Waals surface area contributed by atoms with Gasteiger partial charge in [-0.1, -0.05) is 25.1 Å². The fourth-order valence-corrected chi connectivity index (χ4v) is 4.63. The highest BCUT2D eigenvalue weighted by Crippen LogP contribution is 2.45. The molecular weight excluding hydrogens is 369 g/mol. The van der Waals surface area contributed by atoms with Crippen molar-refractivity contribution in [3.05, 3.63) is 42.1 Å². The number of aromatic nitrogens is 3. The third kappa shape index (κ3) is 2.60. The zero-order valence-corrected chi connectivity index (χ0v) is 16.6. The van der Waals surface area contributed by atoms with E-state index in [2.05, 4.69) is 15.6 Å². The van der Waals surface area contributed by atoms with Gasteiger partial charge in [-0.15, -0.1) is 0 Å². The van der Waals surface area contributed by atoms with Gasteiger partial charge < -0.3 is 10.6 Å². The SMILES string of the molecule is CC[C@]1(C)C(=O)Nc2nccc(-c3nn([C@@H]4CCNC[C@@H]4F)c4ccccc34)c21. The van der Waals surface area contributed by atoms with Crippen LogP contribution in [-0.2, 0) is 10.2 Å². The predicted octanol–water partition coefficient (Wildman–Crippen LogP) is 3.59. The maximum absolute atomic E-state index is 14.7. The van der Waals surface area contributed by atoms with E-state index in [4.69, 9.17) is 5.10 Å². The minimum atomic E-state index is -0.993. The molecule has 2 aliphatic heterocycles. The van der Waals surface area contributed by atoms with E-state index in [1.165, 1.54) is 0 Å². The average molecular weight is 393 g/mol. The first-order valence-corrected chi connectivity index (χ1v) is 10.2. The minimum Gasteiger partial charge on any atom is -0.314 e. The lowest BCUT2D eigenvalue weighted by molar-refractivity contribution is -0.120. The smallest absolute Gasteiger partial charge is 0.236 e. The van der Waals surface area contributed by atoms with E-state index in [0.29, 0.717) is 25.2 Å². The number of piperidine rings is 1. The number of pyridine rings is 1. The van der Waals surface area contributed by atoms with Gasteiger partial charge in [-0.3, -0.25) is 9.48 Å². The number of hydrogen-bond donors (Lipinski definition) is 2. The maximum atomic E-state index is 14.7. The number of halogens is 1. The van der Waals surface area contributed by atoms with Gasteiger partial charge in [-0.2, -0.15) is 5.10 Å². The van der Waals surface area contributed by atoms with Crippen LogP contribution in [0.15, 0.2) is 36.5 Å². The van der Waals surface area contributed by atoms with Crippen molar-refractivity contribution >= 4 is 22.6 Å². The summed E-state index contributed by atoms with van der Waals surface area (Å²) in [4.78, 5) is 17.1. The van der Waals surface area contributed by atoms with Gasteiger partial charge in [-0.05, 0) is 38.4 Å². The molecule has 1 saturated heterocycles. The Balaban J connectivity index is 1.75. The van der Waals surface area contributed by atoms with Crippen LogP contribution in [0.25, 0.3) is 22.2 Å². The molecule has 7 heteroatoms. The quantitative estimate of drug-likeness (QED) is 0.713. The molecule has 4 heterocycles. The number of carbonyl (C=O) groups excluding carboxylic acids is 1. The molecule has 3 aromatic rings. The summed E-state index contributed by atoms with van der Waals surface area (Å²) in [6, 6.07) is 9.55. The topological polar surface area (TPSA) is 71.8 Å². The fourth-order valence-electron chi connectivity index (χ4n) is 4.63. The van der Waals surface area contributed by atoms with E-state index >= 15 is 0 Å². The van der Waals surface area contributed by atoms with Crippen molar-refractivity contribution < 1.29 is 9.18 Å². The van der Waals surface area contributed by atoms with Crippen LogP contribution in [0.1, 0.15) is 38.3 Å². The minimum absolute atomic E-state index is 0.0409. The van der Waals surface area contributed by atoms with E-state index in [9.17, 15) is 9.18 Å². The Morgan fingerprint density at radius 2 is 2.14 bits per heavy atom. The second-order valence-electron chi connectivity index (χ2n) is 8.11. The second-order valence-corrected chi connectivity index (χ2v) is 8.11. The molecule has 0 spiro atoms. The Labute approximate surface area is 168 Å². The Morgan fingerprint density at radius 1 is 1.31 bits per heavy atom. The van der Waals surface area contributed by atoms with E-state index < -0.39 is 11.6 Å². The van der Waals surface area contributed by atoms with E-state index in [1.54, 1.807) is 6.20 Å². The van der Waals surface area contributed by atoms with Crippen molar-refractivity contribution in [1.82, 2.24) is 20.1 Å². The van der Waals surface area contributed by atoms with Gasteiger partial charge in [0, 0.05) is 29.3 Å². The molecule has 1 amide bonds. The molecule has 1 fully saturated rings. The van der Waals surface area contributed by atoms with Crippen LogP contribution in [0.4, 0.5) is 10.2 Å². The van der Waals surface area contributed by atoms with Crippen LogP contribution in [-0.4, -0.2) is 39.9 Å². The molecule has 6 nitrogen and oxygen atoms in total. The number of nitrogens with zero attached hydrogens (tertiary/aromatic N) is 3. The Hall–Kier alpha value is -2.80. The van der Waals surface area contributed by atoms with Gasteiger partial charge in [0.2, 0.25) is 5.91 Å². The van der Waals surface area contributed by atoms with Crippen molar-refractivity contribution in [1.29, 1.82) is 0 Å². The van der Waals surface area contributed by atoms with Crippen LogP contribution >= 0.6 is 0 Å². The number of fused-ring (bicyclic) bond motifs is 2. The lowest BCUT2D eigenvalue weighted by atomic mass is 9.79. The third-order valence-corrected chi connectivity index (χ3v) is 6.50. The summed E-state index contributed by atoms with van der Waals surface area (Å²) in [6.07, 6.45) is 2.05. The van der Waals surface area contributed by atoms with Crippen molar-refractivity contribution in [2.45, 2.75) is 44.3 Å². The number of hydrogen-bond acceptors (Lipinski definition) is 4. The summed E-state index contributed by atoms with van der Waals surface area (Å²) in [5, 5.41) is 11.9. The first-order chi connectivity index (χ1) is 14.0. The van der Waals surface area contributed by atoms with Crippen LogP contribution in [0.5, 0.6) is 0 Å². The van der Waals surface area contributed by atoms with Crippen LogP contribution < -0.4 is 10.6 Å². The standard InChI is InChI=1S/C22H24FN5O/c1-3-22(2)18-14(8-11-25-20(18)26-21(22)29)19-13-6-4-5-7-16(13)28(27-19)17-9-10-24-12-15(17)23/h4-8,11,15,17,24H,3,9-10,12H2,1-2H3,(H,25,26,29)/t15-,17+,22-/m0/s1. The lowest BCUT2D eigenvalue weighted by Gasteiger charge is -2.27. The van der Waals surface area contributed by atoms with Crippen molar-refractivity contribution in [3.8, 4) is 11.3 Å². The molecule has 5 rings (SSSR count). The summed E-state index contributed by atoms with van der Waals surface area (Å²) in [5.74, 6) is 0.557. The zero-order chi connectivity index (χ0) is 20.2. The van der Waals surface area contributed by atoms with Crippen molar-refractivity contribution in [2.24, 2.45) is 0 Å². The lowest BCUT2D eigenvalue weighted by Crippen LogP contribution is -2.39. The van der Waals surface area contributed by atoms with Gasteiger partial charge in [0.05, 0.1) is 17.0 Å². The van der Waals surface area contributed by atoms with Gasteiger partial charge in [0.15, 0.2) is 0 Å². The number of amides is 1. The van der Waals surface area contributed by atoms with Crippen molar-refractivity contribution in [2.75, 3.05) is 18.4 Å². The molecule has 150 valence electrons. The first-order valence-electron chi connectivity index (χ1n) is 10.2. The number of rotatable bonds is 3. The Morgan fingerprint density at radius 3 is 2.93 bits per heavy atom. The monoisotopic (exact) mass is 393 g/mol. The molecule has 0 radical (unpaired) electrons. The Bertz CT molecular complexity index is 1110. The number of para-hydroxylation sites is 1. The molecule has 2 aliphatic rings. The maximum Gasteiger partial charge on any atom is 0.236 e. The largest absolute Gasteiger partial charge is 0.314 e. The van der Waals surface area contributed by atoms with Gasteiger partial charge >= 0.3 is 0 Å². The molecule has 2 N–H and O–H groups in total. The van der Waals surface area contributed by atoms with E-state index in [1.807, 2.05) is 48.9 Å². The summed E-state index contributed by atoms with van der Waals surface area (Å²) in [5.41, 5.74) is 2.79. The number of nitrogens with one attached hydrogen (secondary N) is 2. The van der Waals surface area contributed by atoms with Crippen molar-refractivity contribution in [3.63, 3.8) is 0 Å². The van der Waals surface area contributed by atoms with Gasteiger partial charge in [-0.25, -0.2) is 9.37 Å². The fraction of sp³-hybridized carbons (Fsp3) is 0.409. The molecule has 2 aromatic heterocycles. The van der Waals surface area contributed by atoms with E-state index in [-0.39, 0.29) is 11.9 Å². The van der Waals surface area contributed by atoms with Crippen LogP contribution in [0.2, 0.25) is 0 Å². The molecule has 0 saturated carbocycles. The highest BCUT2D eigenvalue weighted by atomic mass is 19.1. The number of carbonyl (C=O) groups is 1. The highest BCUT2D eigenvalue weighted by Gasteiger charge is 2.44. The molecule has 3 atom stereocenters. The molecule has 0 bridgehead atoms. The molecule has 0 aliphatic carbocycles. The number of alkyl halides is 1. The zero-order valence-electron chi connectivity index (χ0n) is 16.6. The number of benzene rings is 1. The van der Waals surface area contributed by atoms with E-state index in [0.717, 1.165) is 34.3 Å². The first kappa shape index (κ1) is 18.2. The molecule has 29 heavy (non-hydrogen) atoms. The third-order valence-electron chi connectivity index (χ3n) is 6.50. The average Bonchev–Trinajstić information content (AvgIpc) is 3.24. The molecular formula is C22H24FN5O. The van der Waals surface area contributed by atoms with Crippen LogP contribution in [0, 0.1) is 0 Å². The normalized spacial score (nSPS) is 26.5. The summed E-state index contributed by atoms with van der Waals surface area (Å²) >= 11 is 0. The predicted molar refractivity (Wildman–Crippen MR) is 111 cm³/mol. The van der Waals surface area contributed by atoms with Crippen LogP contribution in [0.3, 0.4) is 0 Å².